The van der Waals surface area contributed by atoms with Gasteiger partial charge in [0.1, 0.15) is 0 Å². The van der Waals surface area contributed by atoms with E-state index < -0.39 is 0 Å². The Hall–Kier alpha value is -0.410. The van der Waals surface area contributed by atoms with Gasteiger partial charge in [0.15, 0.2) is 5.78 Å². The quantitative estimate of drug-likeness (QED) is 0.608. The van der Waals surface area contributed by atoms with Crippen molar-refractivity contribution in [2.24, 2.45) is 5.41 Å². The average Bonchev–Trinajstić information content (AvgIpc) is 2.14. The highest BCUT2D eigenvalue weighted by atomic mass is 16.5. The third kappa shape index (κ3) is 6.63. The Labute approximate surface area is 93.8 Å². The first-order valence-corrected chi connectivity index (χ1v) is 5.75. The van der Waals surface area contributed by atoms with E-state index in [1.807, 2.05) is 27.7 Å². The predicted molar refractivity (Wildman–Crippen MR) is 63.1 cm³/mol. The van der Waals surface area contributed by atoms with Gasteiger partial charge in [-0.15, -0.1) is 0 Å². The van der Waals surface area contributed by atoms with Crippen molar-refractivity contribution in [3.63, 3.8) is 0 Å². The third-order valence-corrected chi connectivity index (χ3v) is 2.41. The summed E-state index contributed by atoms with van der Waals surface area (Å²) in [5.41, 5.74) is -0.237. The van der Waals surface area contributed by atoms with Gasteiger partial charge in [0, 0.05) is 18.6 Å². The Morgan fingerprint density at radius 3 is 2.27 bits per heavy atom. The third-order valence-electron chi connectivity index (χ3n) is 2.41. The molecule has 0 heterocycles. The molecule has 0 fully saturated rings. The second-order valence-corrected chi connectivity index (χ2v) is 4.74. The number of carbonyl (C=O) groups excluding carboxylic acids is 1. The van der Waals surface area contributed by atoms with E-state index in [1.165, 1.54) is 0 Å². The van der Waals surface area contributed by atoms with Gasteiger partial charge in [0.2, 0.25) is 0 Å². The van der Waals surface area contributed by atoms with Gasteiger partial charge in [0.05, 0.1) is 13.2 Å². The van der Waals surface area contributed by atoms with Crippen LogP contribution < -0.4 is 0 Å². The molecular weight excluding hydrogens is 190 g/mol. The zero-order valence-corrected chi connectivity index (χ0v) is 10.8. The van der Waals surface area contributed by atoms with E-state index in [0.29, 0.717) is 18.9 Å². The summed E-state index contributed by atoms with van der Waals surface area (Å²) in [6.07, 6.45) is 0. The molecule has 0 amide bonds. The molecule has 0 bridgehead atoms. The van der Waals surface area contributed by atoms with E-state index in [1.54, 1.807) is 0 Å². The fourth-order valence-electron chi connectivity index (χ4n) is 1.13. The molecular formula is C12H25NO2. The van der Waals surface area contributed by atoms with Crippen molar-refractivity contribution in [3.8, 4) is 0 Å². The van der Waals surface area contributed by atoms with E-state index in [-0.39, 0.29) is 5.41 Å². The van der Waals surface area contributed by atoms with Crippen LogP contribution in [-0.2, 0) is 9.53 Å². The van der Waals surface area contributed by atoms with Gasteiger partial charge in [-0.2, -0.15) is 0 Å². The van der Waals surface area contributed by atoms with E-state index in [9.17, 15) is 4.79 Å². The van der Waals surface area contributed by atoms with Gasteiger partial charge in [-0.3, -0.25) is 9.69 Å². The van der Waals surface area contributed by atoms with Crippen molar-refractivity contribution in [3.05, 3.63) is 0 Å². The maximum Gasteiger partial charge on any atom is 0.152 e. The molecule has 90 valence electrons. The summed E-state index contributed by atoms with van der Waals surface area (Å²) >= 11 is 0. The van der Waals surface area contributed by atoms with Crippen LogP contribution in [-0.4, -0.2) is 43.5 Å². The molecule has 3 nitrogen and oxygen atoms in total. The van der Waals surface area contributed by atoms with Crippen molar-refractivity contribution < 1.29 is 9.53 Å². The highest BCUT2D eigenvalue weighted by Crippen LogP contribution is 2.14. The van der Waals surface area contributed by atoms with Gasteiger partial charge in [-0.05, 0) is 13.5 Å². The first-order valence-electron chi connectivity index (χ1n) is 5.75. The Morgan fingerprint density at radius 2 is 1.87 bits per heavy atom. The standard InChI is InChI=1S/C12H25NO2/c1-6-13(8-9-15-7-2)10-11(14)12(3,4)5/h6-10H2,1-5H3. The molecule has 0 N–H and O–H groups in total. The van der Waals surface area contributed by atoms with E-state index in [4.69, 9.17) is 4.74 Å². The summed E-state index contributed by atoms with van der Waals surface area (Å²) < 4.78 is 5.28. The molecule has 0 aliphatic heterocycles. The maximum atomic E-state index is 11.8. The molecule has 0 aromatic carbocycles. The lowest BCUT2D eigenvalue weighted by molar-refractivity contribution is -0.127. The minimum Gasteiger partial charge on any atom is -0.380 e. The van der Waals surface area contributed by atoms with Crippen LogP contribution in [0.2, 0.25) is 0 Å². The smallest absolute Gasteiger partial charge is 0.152 e. The van der Waals surface area contributed by atoms with E-state index in [0.717, 1.165) is 19.7 Å². The SMILES string of the molecule is CCOCCN(CC)CC(=O)C(C)(C)C. The monoisotopic (exact) mass is 215 g/mol. The van der Waals surface area contributed by atoms with Crippen molar-refractivity contribution in [2.75, 3.05) is 32.8 Å². The molecule has 0 spiro atoms. The lowest BCUT2D eigenvalue weighted by Gasteiger charge is -2.24. The zero-order valence-electron chi connectivity index (χ0n) is 10.8. The molecule has 0 aliphatic rings. The molecule has 0 saturated heterocycles. The lowest BCUT2D eigenvalue weighted by Crippen LogP contribution is -2.37. The van der Waals surface area contributed by atoms with Gasteiger partial charge in [0.25, 0.3) is 0 Å². The number of carbonyl (C=O) groups is 1. The number of rotatable bonds is 7. The summed E-state index contributed by atoms with van der Waals surface area (Å²) in [5, 5.41) is 0. The summed E-state index contributed by atoms with van der Waals surface area (Å²) in [7, 11) is 0. The van der Waals surface area contributed by atoms with Crippen LogP contribution in [0.1, 0.15) is 34.6 Å². The molecule has 0 rings (SSSR count). The number of Topliss-reactive ketones (excluding diaryl/α,β-unsaturated/α-hetero) is 1. The Morgan fingerprint density at radius 1 is 1.27 bits per heavy atom. The molecule has 0 aromatic rings. The summed E-state index contributed by atoms with van der Waals surface area (Å²) in [4.78, 5) is 13.9. The minimum atomic E-state index is -0.237. The molecule has 0 aliphatic carbocycles. The van der Waals surface area contributed by atoms with Crippen molar-refractivity contribution in [1.82, 2.24) is 4.90 Å². The summed E-state index contributed by atoms with van der Waals surface area (Å²) in [5.74, 6) is 0.292. The number of likely N-dealkylation sites (N-methyl/N-ethyl adjacent to an activating group) is 1. The Bertz CT molecular complexity index is 185. The van der Waals surface area contributed by atoms with Gasteiger partial charge in [-0.25, -0.2) is 0 Å². The van der Waals surface area contributed by atoms with E-state index in [2.05, 4.69) is 11.8 Å². The summed E-state index contributed by atoms with van der Waals surface area (Å²) in [6, 6.07) is 0. The van der Waals surface area contributed by atoms with Crippen LogP contribution in [0.15, 0.2) is 0 Å². The zero-order chi connectivity index (χ0) is 11.9. The maximum absolute atomic E-state index is 11.8. The molecule has 15 heavy (non-hydrogen) atoms. The van der Waals surface area contributed by atoms with Crippen molar-refractivity contribution in [1.29, 1.82) is 0 Å². The van der Waals surface area contributed by atoms with Gasteiger partial charge >= 0.3 is 0 Å². The first kappa shape index (κ1) is 14.6. The fourth-order valence-corrected chi connectivity index (χ4v) is 1.13. The second-order valence-electron chi connectivity index (χ2n) is 4.74. The lowest BCUT2D eigenvalue weighted by atomic mass is 9.90. The van der Waals surface area contributed by atoms with Crippen molar-refractivity contribution in [2.45, 2.75) is 34.6 Å². The van der Waals surface area contributed by atoms with Gasteiger partial charge < -0.3 is 4.74 Å². The molecule has 0 unspecified atom stereocenters. The van der Waals surface area contributed by atoms with Gasteiger partial charge in [-0.1, -0.05) is 27.7 Å². The summed E-state index contributed by atoms with van der Waals surface area (Å²) in [6.45, 7) is 13.7. The number of hydrogen-bond acceptors (Lipinski definition) is 3. The average molecular weight is 215 g/mol. The molecule has 0 radical (unpaired) electrons. The predicted octanol–water partition coefficient (Wildman–Crippen LogP) is 1.96. The van der Waals surface area contributed by atoms with Crippen LogP contribution in [0.5, 0.6) is 0 Å². The fraction of sp³-hybridized carbons (Fsp3) is 0.917. The number of hydrogen-bond donors (Lipinski definition) is 0. The van der Waals surface area contributed by atoms with Crippen LogP contribution in [0.4, 0.5) is 0 Å². The molecule has 0 atom stereocenters. The molecule has 0 aromatic heterocycles. The number of nitrogens with zero attached hydrogens (tertiary/aromatic N) is 1. The first-order chi connectivity index (χ1) is 6.91. The highest BCUT2D eigenvalue weighted by molar-refractivity contribution is 5.85. The van der Waals surface area contributed by atoms with E-state index >= 15 is 0 Å². The van der Waals surface area contributed by atoms with Crippen molar-refractivity contribution >= 4 is 5.78 Å². The van der Waals surface area contributed by atoms with Crippen LogP contribution in [0.3, 0.4) is 0 Å². The largest absolute Gasteiger partial charge is 0.380 e. The molecule has 3 heteroatoms. The van der Waals surface area contributed by atoms with Crippen LogP contribution >= 0.6 is 0 Å². The molecule has 0 saturated carbocycles. The number of ether oxygens (including phenoxy) is 1. The minimum absolute atomic E-state index is 0.237. The normalized spacial score (nSPS) is 12.1. The van der Waals surface area contributed by atoms with Crippen LogP contribution in [0, 0.1) is 5.41 Å². The second kappa shape index (κ2) is 6.96. The van der Waals surface area contributed by atoms with Crippen LogP contribution in [0.25, 0.3) is 0 Å². The Kier molecular flexibility index (Phi) is 6.77. The number of ketones is 1. The Balaban J connectivity index is 3.94. The highest BCUT2D eigenvalue weighted by Gasteiger charge is 2.22. The topological polar surface area (TPSA) is 29.5 Å².